The molecule has 134 valence electrons. The molecule has 0 aliphatic carbocycles. The molecule has 25 heavy (non-hydrogen) atoms. The van der Waals surface area contributed by atoms with Gasteiger partial charge in [-0.05, 0) is 38.6 Å². The number of methoxy groups -OCH3 is 1. The van der Waals surface area contributed by atoms with Crippen LogP contribution >= 0.6 is 0 Å². The van der Waals surface area contributed by atoms with Crippen LogP contribution in [-0.4, -0.2) is 54.7 Å². The fourth-order valence-corrected chi connectivity index (χ4v) is 3.30. The van der Waals surface area contributed by atoms with Crippen molar-refractivity contribution in [3.8, 4) is 5.75 Å². The van der Waals surface area contributed by atoms with Crippen LogP contribution in [0.2, 0.25) is 0 Å². The van der Waals surface area contributed by atoms with Crippen molar-refractivity contribution in [2.75, 3.05) is 33.8 Å². The third kappa shape index (κ3) is 3.69. The highest BCUT2D eigenvalue weighted by Crippen LogP contribution is 2.26. The van der Waals surface area contributed by atoms with E-state index in [-0.39, 0.29) is 11.9 Å². The number of carbonyl (C=O) groups is 1. The predicted molar refractivity (Wildman–Crippen MR) is 94.6 cm³/mol. The Balaban J connectivity index is 1.72. The Bertz CT molecular complexity index is 719. The maximum absolute atomic E-state index is 12.8. The van der Waals surface area contributed by atoms with Crippen molar-refractivity contribution < 1.29 is 14.1 Å². The summed E-state index contributed by atoms with van der Waals surface area (Å²) in [6, 6.07) is 8.26. The molecule has 0 radical (unpaired) electrons. The number of ether oxygens (including phenoxy) is 1. The van der Waals surface area contributed by atoms with E-state index in [1.54, 1.807) is 7.11 Å². The lowest BCUT2D eigenvalue weighted by molar-refractivity contribution is -0.133. The summed E-state index contributed by atoms with van der Waals surface area (Å²) in [7, 11) is 3.77. The molecule has 1 aliphatic heterocycles. The summed E-state index contributed by atoms with van der Waals surface area (Å²) in [5, 5.41) is 3.94. The molecule has 2 heterocycles. The standard InChI is InChI=1S/C19H25N3O3/c1-13-17(14(2)25-20-13)11-19(23)22-10-9-21(3)18(12-22)15-5-7-16(24-4)8-6-15/h5-8,18H,9-12H2,1-4H3. The van der Waals surface area contributed by atoms with Gasteiger partial charge in [-0.15, -0.1) is 0 Å². The molecule has 3 rings (SSSR count). The normalized spacial score (nSPS) is 18.4. The van der Waals surface area contributed by atoms with Crippen LogP contribution in [0, 0.1) is 13.8 Å². The van der Waals surface area contributed by atoms with Crippen LogP contribution in [-0.2, 0) is 11.2 Å². The summed E-state index contributed by atoms with van der Waals surface area (Å²) < 4.78 is 10.4. The molecule has 6 nitrogen and oxygen atoms in total. The summed E-state index contributed by atoms with van der Waals surface area (Å²) in [6.45, 7) is 6.01. The van der Waals surface area contributed by atoms with E-state index in [1.165, 1.54) is 5.56 Å². The Morgan fingerprint density at radius 2 is 2.00 bits per heavy atom. The Morgan fingerprint density at radius 3 is 2.60 bits per heavy atom. The highest BCUT2D eigenvalue weighted by atomic mass is 16.5. The molecule has 1 aromatic heterocycles. The summed E-state index contributed by atoms with van der Waals surface area (Å²) in [5.74, 6) is 1.70. The van der Waals surface area contributed by atoms with Crippen LogP contribution < -0.4 is 4.74 Å². The van der Waals surface area contributed by atoms with E-state index in [1.807, 2.05) is 30.9 Å². The van der Waals surface area contributed by atoms with E-state index in [0.29, 0.717) is 13.0 Å². The number of hydrogen-bond acceptors (Lipinski definition) is 5. The van der Waals surface area contributed by atoms with Gasteiger partial charge in [-0.1, -0.05) is 17.3 Å². The number of benzene rings is 1. The number of aryl methyl sites for hydroxylation is 2. The molecule has 1 saturated heterocycles. The number of aromatic nitrogens is 1. The number of rotatable bonds is 4. The van der Waals surface area contributed by atoms with Gasteiger partial charge in [0.2, 0.25) is 5.91 Å². The lowest BCUT2D eigenvalue weighted by atomic mass is 10.0. The van der Waals surface area contributed by atoms with Crippen molar-refractivity contribution in [3.05, 3.63) is 46.8 Å². The Morgan fingerprint density at radius 1 is 1.28 bits per heavy atom. The molecular formula is C19H25N3O3. The Hall–Kier alpha value is -2.34. The first-order chi connectivity index (χ1) is 12.0. The topological polar surface area (TPSA) is 58.8 Å². The van der Waals surface area contributed by atoms with Gasteiger partial charge >= 0.3 is 0 Å². The Kier molecular flexibility index (Phi) is 5.08. The first kappa shape index (κ1) is 17.5. The van der Waals surface area contributed by atoms with Crippen molar-refractivity contribution in [1.29, 1.82) is 0 Å². The first-order valence-electron chi connectivity index (χ1n) is 8.53. The van der Waals surface area contributed by atoms with Gasteiger partial charge < -0.3 is 14.2 Å². The van der Waals surface area contributed by atoms with Gasteiger partial charge in [0.1, 0.15) is 11.5 Å². The first-order valence-corrected chi connectivity index (χ1v) is 8.53. The minimum atomic E-state index is 0.126. The van der Waals surface area contributed by atoms with Crippen LogP contribution in [0.25, 0.3) is 0 Å². The molecule has 0 bridgehead atoms. The maximum Gasteiger partial charge on any atom is 0.227 e. The fourth-order valence-electron chi connectivity index (χ4n) is 3.30. The molecule has 1 fully saturated rings. The van der Waals surface area contributed by atoms with E-state index in [9.17, 15) is 4.79 Å². The molecule has 1 unspecified atom stereocenters. The maximum atomic E-state index is 12.8. The van der Waals surface area contributed by atoms with Gasteiger partial charge in [0, 0.05) is 25.2 Å². The van der Waals surface area contributed by atoms with Crippen molar-refractivity contribution >= 4 is 5.91 Å². The molecular weight excluding hydrogens is 318 g/mol. The van der Waals surface area contributed by atoms with Crippen molar-refractivity contribution in [2.45, 2.75) is 26.3 Å². The lowest BCUT2D eigenvalue weighted by Gasteiger charge is -2.39. The van der Waals surface area contributed by atoms with E-state index < -0.39 is 0 Å². The molecule has 1 aromatic carbocycles. The van der Waals surface area contributed by atoms with Crippen LogP contribution in [0.5, 0.6) is 5.75 Å². The minimum Gasteiger partial charge on any atom is -0.497 e. The zero-order valence-electron chi connectivity index (χ0n) is 15.3. The quantitative estimate of drug-likeness (QED) is 0.853. The molecule has 0 spiro atoms. The van der Waals surface area contributed by atoms with Crippen molar-refractivity contribution in [2.24, 2.45) is 0 Å². The second-order valence-corrected chi connectivity index (χ2v) is 6.59. The van der Waals surface area contributed by atoms with Crippen LogP contribution in [0.1, 0.15) is 28.6 Å². The molecule has 1 aliphatic rings. The molecule has 0 saturated carbocycles. The SMILES string of the molecule is COc1ccc(C2CN(C(=O)Cc3c(C)noc3C)CCN2C)cc1. The van der Waals surface area contributed by atoms with E-state index in [4.69, 9.17) is 9.26 Å². The number of nitrogens with zero attached hydrogens (tertiary/aromatic N) is 3. The monoisotopic (exact) mass is 343 g/mol. The highest BCUT2D eigenvalue weighted by Gasteiger charge is 2.29. The number of piperazine rings is 1. The van der Waals surface area contributed by atoms with Gasteiger partial charge in [0.15, 0.2) is 0 Å². The second-order valence-electron chi connectivity index (χ2n) is 6.59. The molecule has 2 aromatic rings. The van der Waals surface area contributed by atoms with Gasteiger partial charge in [-0.3, -0.25) is 9.69 Å². The molecule has 6 heteroatoms. The average molecular weight is 343 g/mol. The van der Waals surface area contributed by atoms with E-state index in [0.717, 1.165) is 35.9 Å². The highest BCUT2D eigenvalue weighted by molar-refractivity contribution is 5.79. The third-order valence-corrected chi connectivity index (χ3v) is 5.01. The molecule has 0 N–H and O–H groups in total. The van der Waals surface area contributed by atoms with Crippen molar-refractivity contribution in [1.82, 2.24) is 15.0 Å². The van der Waals surface area contributed by atoms with Gasteiger partial charge in [0.25, 0.3) is 0 Å². The average Bonchev–Trinajstić information content (AvgIpc) is 2.94. The predicted octanol–water partition coefficient (Wildman–Crippen LogP) is 2.36. The second kappa shape index (κ2) is 7.27. The third-order valence-electron chi connectivity index (χ3n) is 5.01. The summed E-state index contributed by atoms with van der Waals surface area (Å²) in [4.78, 5) is 17.0. The number of carbonyl (C=O) groups excluding carboxylic acids is 1. The number of amides is 1. The fraction of sp³-hybridized carbons (Fsp3) is 0.474. The molecule has 1 atom stereocenters. The summed E-state index contributed by atoms with van der Waals surface area (Å²) in [5.41, 5.74) is 2.90. The zero-order chi connectivity index (χ0) is 18.0. The van der Waals surface area contributed by atoms with Crippen LogP contribution in [0.3, 0.4) is 0 Å². The van der Waals surface area contributed by atoms with Gasteiger partial charge in [0.05, 0.1) is 25.3 Å². The minimum absolute atomic E-state index is 0.126. The zero-order valence-corrected chi connectivity index (χ0v) is 15.3. The van der Waals surface area contributed by atoms with E-state index >= 15 is 0 Å². The van der Waals surface area contributed by atoms with Crippen molar-refractivity contribution in [3.63, 3.8) is 0 Å². The van der Waals surface area contributed by atoms with Crippen LogP contribution in [0.15, 0.2) is 28.8 Å². The van der Waals surface area contributed by atoms with Crippen LogP contribution in [0.4, 0.5) is 0 Å². The number of hydrogen-bond donors (Lipinski definition) is 0. The lowest BCUT2D eigenvalue weighted by Crippen LogP contribution is -2.49. The molecule has 1 amide bonds. The summed E-state index contributed by atoms with van der Waals surface area (Å²) in [6.07, 6.45) is 0.347. The smallest absolute Gasteiger partial charge is 0.227 e. The summed E-state index contributed by atoms with van der Waals surface area (Å²) >= 11 is 0. The van der Waals surface area contributed by atoms with Gasteiger partial charge in [-0.2, -0.15) is 0 Å². The van der Waals surface area contributed by atoms with E-state index in [2.05, 4.69) is 29.2 Å². The largest absolute Gasteiger partial charge is 0.497 e. The number of likely N-dealkylation sites (N-methyl/N-ethyl adjacent to an activating group) is 1. The Labute approximate surface area is 148 Å². The van der Waals surface area contributed by atoms with Gasteiger partial charge in [-0.25, -0.2) is 0 Å².